The summed E-state index contributed by atoms with van der Waals surface area (Å²) in [4.78, 5) is 20.0. The maximum atomic E-state index is 14.0. The average molecular weight is 431 g/mol. The lowest BCUT2D eigenvalue weighted by Crippen LogP contribution is -2.46. The Morgan fingerprint density at radius 1 is 1.20 bits per heavy atom. The third-order valence-corrected chi connectivity index (χ3v) is 7.20. The normalized spacial score (nSPS) is 17.4. The summed E-state index contributed by atoms with van der Waals surface area (Å²) in [6, 6.07) is 12.2. The standard InChI is InChI=1S/C21H23FN4O3S/c22-15-7-1-4-11-19(15)30(28,29)26-14-6-10-18(26)21(27)23-13-5-12-20-24-16-8-2-3-9-17(16)25-20/h1-4,7-9,11,18H,5-6,10,12-14H2,(H,23,27)(H,24,25)/t18-/m1/s1. The van der Waals surface area contributed by atoms with Gasteiger partial charge < -0.3 is 10.3 Å². The lowest BCUT2D eigenvalue weighted by atomic mass is 10.2. The number of rotatable bonds is 7. The highest BCUT2D eigenvalue weighted by Gasteiger charge is 2.40. The van der Waals surface area contributed by atoms with E-state index in [9.17, 15) is 17.6 Å². The number of para-hydroxylation sites is 2. The Bertz CT molecular complexity index is 1130. The zero-order chi connectivity index (χ0) is 21.1. The number of benzene rings is 2. The molecular formula is C21H23FN4O3S. The molecule has 0 saturated carbocycles. The van der Waals surface area contributed by atoms with Crippen LogP contribution in [0.25, 0.3) is 11.0 Å². The highest BCUT2D eigenvalue weighted by atomic mass is 32.2. The number of amides is 1. The molecule has 1 aliphatic heterocycles. The summed E-state index contributed by atoms with van der Waals surface area (Å²) in [6.45, 7) is 0.605. The van der Waals surface area contributed by atoms with Crippen LogP contribution in [0, 0.1) is 5.82 Å². The second kappa shape index (κ2) is 8.53. The molecule has 0 unspecified atom stereocenters. The number of aromatic nitrogens is 2. The molecule has 1 saturated heterocycles. The molecule has 9 heteroatoms. The lowest BCUT2D eigenvalue weighted by Gasteiger charge is -2.23. The minimum atomic E-state index is -4.07. The maximum absolute atomic E-state index is 14.0. The van der Waals surface area contributed by atoms with Gasteiger partial charge in [-0.15, -0.1) is 0 Å². The molecule has 1 fully saturated rings. The van der Waals surface area contributed by atoms with Crippen LogP contribution in [0.5, 0.6) is 0 Å². The van der Waals surface area contributed by atoms with Gasteiger partial charge in [0.2, 0.25) is 15.9 Å². The molecule has 0 bridgehead atoms. The summed E-state index contributed by atoms with van der Waals surface area (Å²) in [5.74, 6) is -0.318. The lowest BCUT2D eigenvalue weighted by molar-refractivity contribution is -0.124. The fraction of sp³-hybridized carbons (Fsp3) is 0.333. The molecular weight excluding hydrogens is 407 g/mol. The molecule has 2 N–H and O–H groups in total. The van der Waals surface area contributed by atoms with Crippen molar-refractivity contribution in [3.05, 3.63) is 60.2 Å². The Kier molecular flexibility index (Phi) is 5.83. The summed E-state index contributed by atoms with van der Waals surface area (Å²) < 4.78 is 40.9. The monoisotopic (exact) mass is 430 g/mol. The van der Waals surface area contributed by atoms with Gasteiger partial charge in [0.1, 0.15) is 22.6 Å². The predicted molar refractivity (Wildman–Crippen MR) is 111 cm³/mol. The molecule has 30 heavy (non-hydrogen) atoms. The van der Waals surface area contributed by atoms with Crippen LogP contribution in [-0.4, -0.2) is 47.7 Å². The summed E-state index contributed by atoms with van der Waals surface area (Å²) in [7, 11) is -4.07. The highest BCUT2D eigenvalue weighted by Crippen LogP contribution is 2.27. The largest absolute Gasteiger partial charge is 0.355 e. The van der Waals surface area contributed by atoms with E-state index in [2.05, 4.69) is 15.3 Å². The van der Waals surface area contributed by atoms with Gasteiger partial charge in [-0.05, 0) is 43.5 Å². The molecule has 4 rings (SSSR count). The molecule has 0 radical (unpaired) electrons. The van der Waals surface area contributed by atoms with Gasteiger partial charge in [0.25, 0.3) is 0 Å². The third kappa shape index (κ3) is 4.08. The molecule has 3 aromatic rings. The number of hydrogen-bond donors (Lipinski definition) is 2. The predicted octanol–water partition coefficient (Wildman–Crippen LogP) is 2.60. The zero-order valence-corrected chi connectivity index (χ0v) is 17.2. The number of nitrogens with zero attached hydrogens (tertiary/aromatic N) is 2. The Labute approximate surface area is 174 Å². The number of carbonyl (C=O) groups excluding carboxylic acids is 1. The summed E-state index contributed by atoms with van der Waals surface area (Å²) in [5.41, 5.74) is 1.87. The molecule has 1 aromatic heterocycles. The Balaban J connectivity index is 1.35. The first-order chi connectivity index (χ1) is 14.5. The smallest absolute Gasteiger partial charge is 0.246 e. The number of aromatic amines is 1. The van der Waals surface area contributed by atoms with Gasteiger partial charge in [-0.1, -0.05) is 24.3 Å². The summed E-state index contributed by atoms with van der Waals surface area (Å²) in [5, 5.41) is 2.82. The first kappa shape index (κ1) is 20.5. The molecule has 1 aliphatic rings. The van der Waals surface area contributed by atoms with E-state index in [-0.39, 0.29) is 12.5 Å². The minimum absolute atomic E-state index is 0.202. The molecule has 2 heterocycles. The van der Waals surface area contributed by atoms with Crippen molar-refractivity contribution in [1.29, 1.82) is 0 Å². The van der Waals surface area contributed by atoms with E-state index in [1.165, 1.54) is 18.2 Å². The number of hydrogen-bond acceptors (Lipinski definition) is 4. The third-order valence-electron chi connectivity index (χ3n) is 5.26. The van der Waals surface area contributed by atoms with Crippen LogP contribution >= 0.6 is 0 Å². The molecule has 1 amide bonds. The molecule has 158 valence electrons. The van der Waals surface area contributed by atoms with Crippen molar-refractivity contribution in [2.45, 2.75) is 36.6 Å². The number of H-pyrrole nitrogens is 1. The molecule has 2 aromatic carbocycles. The van der Waals surface area contributed by atoms with E-state index >= 15 is 0 Å². The van der Waals surface area contributed by atoms with Crippen LogP contribution in [-0.2, 0) is 21.2 Å². The Hall–Kier alpha value is -2.78. The first-order valence-electron chi connectivity index (χ1n) is 9.94. The number of aryl methyl sites for hydroxylation is 1. The zero-order valence-electron chi connectivity index (χ0n) is 16.3. The summed E-state index contributed by atoms with van der Waals surface area (Å²) in [6.07, 6.45) is 2.31. The second-order valence-corrected chi connectivity index (χ2v) is 9.16. The Morgan fingerprint density at radius 3 is 2.77 bits per heavy atom. The topological polar surface area (TPSA) is 95.2 Å². The van der Waals surface area contributed by atoms with Gasteiger partial charge >= 0.3 is 0 Å². The van der Waals surface area contributed by atoms with Crippen molar-refractivity contribution >= 4 is 27.0 Å². The van der Waals surface area contributed by atoms with E-state index in [0.717, 1.165) is 27.2 Å². The molecule has 0 aliphatic carbocycles. The maximum Gasteiger partial charge on any atom is 0.246 e. The molecule has 7 nitrogen and oxygen atoms in total. The van der Waals surface area contributed by atoms with Gasteiger partial charge in [0, 0.05) is 19.5 Å². The van der Waals surface area contributed by atoms with Crippen molar-refractivity contribution in [3.63, 3.8) is 0 Å². The second-order valence-electron chi connectivity index (χ2n) is 7.30. The number of halogens is 1. The van der Waals surface area contributed by atoms with Gasteiger partial charge in [0.05, 0.1) is 11.0 Å². The fourth-order valence-electron chi connectivity index (χ4n) is 3.78. The van der Waals surface area contributed by atoms with E-state index in [1.807, 2.05) is 24.3 Å². The Morgan fingerprint density at radius 2 is 1.97 bits per heavy atom. The van der Waals surface area contributed by atoms with Crippen LogP contribution < -0.4 is 5.32 Å². The average Bonchev–Trinajstić information content (AvgIpc) is 3.38. The number of nitrogens with one attached hydrogen (secondary N) is 2. The number of fused-ring (bicyclic) bond motifs is 1. The van der Waals surface area contributed by atoms with Crippen molar-refractivity contribution in [2.24, 2.45) is 0 Å². The van der Waals surface area contributed by atoms with Crippen molar-refractivity contribution in [2.75, 3.05) is 13.1 Å². The SMILES string of the molecule is O=C(NCCCc1nc2ccccc2[nH]1)[C@H]1CCCN1S(=O)(=O)c1ccccc1F. The van der Waals surface area contributed by atoms with E-state index in [4.69, 9.17) is 0 Å². The van der Waals surface area contributed by atoms with E-state index < -0.39 is 26.8 Å². The van der Waals surface area contributed by atoms with Crippen molar-refractivity contribution < 1.29 is 17.6 Å². The molecule has 0 spiro atoms. The molecule has 1 atom stereocenters. The van der Waals surface area contributed by atoms with Crippen LogP contribution in [0.2, 0.25) is 0 Å². The van der Waals surface area contributed by atoms with Gasteiger partial charge in [-0.25, -0.2) is 17.8 Å². The van der Waals surface area contributed by atoms with Crippen molar-refractivity contribution in [1.82, 2.24) is 19.6 Å². The quantitative estimate of drug-likeness (QED) is 0.564. The van der Waals surface area contributed by atoms with Gasteiger partial charge in [0.15, 0.2) is 0 Å². The minimum Gasteiger partial charge on any atom is -0.355 e. The van der Waals surface area contributed by atoms with Crippen LogP contribution in [0.1, 0.15) is 25.1 Å². The van der Waals surface area contributed by atoms with Crippen LogP contribution in [0.4, 0.5) is 4.39 Å². The highest BCUT2D eigenvalue weighted by molar-refractivity contribution is 7.89. The summed E-state index contributed by atoms with van der Waals surface area (Å²) >= 11 is 0. The van der Waals surface area contributed by atoms with Crippen LogP contribution in [0.3, 0.4) is 0 Å². The van der Waals surface area contributed by atoms with Crippen molar-refractivity contribution in [3.8, 4) is 0 Å². The van der Waals surface area contributed by atoms with Gasteiger partial charge in [-0.2, -0.15) is 4.31 Å². The van der Waals surface area contributed by atoms with Gasteiger partial charge in [-0.3, -0.25) is 4.79 Å². The van der Waals surface area contributed by atoms with Crippen LogP contribution in [0.15, 0.2) is 53.4 Å². The number of imidazole rings is 1. The van der Waals surface area contributed by atoms with E-state index in [0.29, 0.717) is 32.2 Å². The number of carbonyl (C=O) groups is 1. The van der Waals surface area contributed by atoms with E-state index in [1.54, 1.807) is 0 Å². The number of sulfonamides is 1. The fourth-order valence-corrected chi connectivity index (χ4v) is 5.50. The first-order valence-corrected chi connectivity index (χ1v) is 11.4.